The number of benzene rings is 1. The first-order valence-electron chi connectivity index (χ1n) is 5.31. The van der Waals surface area contributed by atoms with E-state index in [4.69, 9.17) is 0 Å². The van der Waals surface area contributed by atoms with Gasteiger partial charge in [0, 0.05) is 19.5 Å². The zero-order valence-corrected chi connectivity index (χ0v) is 9.77. The summed E-state index contributed by atoms with van der Waals surface area (Å²) in [5, 5.41) is 0.742. The van der Waals surface area contributed by atoms with Crippen molar-refractivity contribution in [2.24, 2.45) is 0 Å². The van der Waals surface area contributed by atoms with Gasteiger partial charge in [0.2, 0.25) is 5.91 Å². The molecular weight excluding hydrogens is 219 g/mol. The molecule has 0 aliphatic carbocycles. The fourth-order valence-corrected chi connectivity index (χ4v) is 1.55. The Morgan fingerprint density at radius 3 is 2.76 bits per heavy atom. The third-order valence-corrected chi connectivity index (χ3v) is 2.54. The van der Waals surface area contributed by atoms with E-state index in [1.165, 1.54) is 17.0 Å². The summed E-state index contributed by atoms with van der Waals surface area (Å²) < 4.78 is 13.0. The van der Waals surface area contributed by atoms with Crippen molar-refractivity contribution in [3.8, 4) is 0 Å². The number of halogens is 1. The second-order valence-corrected chi connectivity index (χ2v) is 4.10. The first-order chi connectivity index (χ1) is 8.06. The van der Waals surface area contributed by atoms with Crippen molar-refractivity contribution in [1.82, 2.24) is 9.88 Å². The molecule has 0 fully saturated rings. The van der Waals surface area contributed by atoms with Crippen LogP contribution in [-0.2, 0) is 11.2 Å². The first-order valence-corrected chi connectivity index (χ1v) is 5.31. The molecule has 17 heavy (non-hydrogen) atoms. The molecule has 0 unspecified atom stereocenters. The molecule has 1 aromatic carbocycles. The number of nitrogens with zero attached hydrogens (tertiary/aromatic N) is 2. The highest BCUT2D eigenvalue weighted by atomic mass is 19.1. The lowest BCUT2D eigenvalue weighted by molar-refractivity contribution is -0.128. The second-order valence-electron chi connectivity index (χ2n) is 4.10. The van der Waals surface area contributed by atoms with E-state index in [1.54, 1.807) is 32.3 Å². The summed E-state index contributed by atoms with van der Waals surface area (Å²) in [5.74, 6) is -0.282. The van der Waals surface area contributed by atoms with E-state index in [0.29, 0.717) is 11.2 Å². The lowest BCUT2D eigenvalue weighted by atomic mass is 10.1. The number of carbonyl (C=O) groups is 1. The maximum absolute atomic E-state index is 13.0. The minimum Gasteiger partial charge on any atom is -0.348 e. The topological polar surface area (TPSA) is 33.2 Å². The molecule has 1 heterocycles. The molecule has 1 aromatic heterocycles. The van der Waals surface area contributed by atoms with Crippen LogP contribution in [0, 0.1) is 5.82 Å². The van der Waals surface area contributed by atoms with Crippen molar-refractivity contribution < 1.29 is 9.18 Å². The second kappa shape index (κ2) is 4.49. The third-order valence-electron chi connectivity index (χ3n) is 2.54. The van der Waals surface area contributed by atoms with Gasteiger partial charge in [-0.3, -0.25) is 9.78 Å². The van der Waals surface area contributed by atoms with Crippen LogP contribution >= 0.6 is 0 Å². The van der Waals surface area contributed by atoms with E-state index in [-0.39, 0.29) is 18.1 Å². The summed E-state index contributed by atoms with van der Waals surface area (Å²) in [4.78, 5) is 17.4. The highest BCUT2D eigenvalue weighted by molar-refractivity contribution is 5.81. The van der Waals surface area contributed by atoms with Gasteiger partial charge in [0.25, 0.3) is 0 Å². The number of pyridine rings is 1. The molecule has 0 bridgehead atoms. The number of hydrogen-bond donors (Lipinski definition) is 0. The normalized spacial score (nSPS) is 10.5. The first kappa shape index (κ1) is 11.5. The molecule has 88 valence electrons. The van der Waals surface area contributed by atoms with E-state index in [2.05, 4.69) is 4.98 Å². The lowest BCUT2D eigenvalue weighted by Crippen LogP contribution is -2.23. The molecule has 0 aliphatic rings. The number of carbonyl (C=O) groups excluding carboxylic acids is 1. The van der Waals surface area contributed by atoms with E-state index in [9.17, 15) is 9.18 Å². The van der Waals surface area contributed by atoms with Gasteiger partial charge >= 0.3 is 0 Å². The van der Waals surface area contributed by atoms with E-state index >= 15 is 0 Å². The molecule has 1 amide bonds. The summed E-state index contributed by atoms with van der Waals surface area (Å²) in [6.07, 6.45) is 0.264. The van der Waals surface area contributed by atoms with Gasteiger partial charge in [-0.05, 0) is 24.3 Å². The Bertz CT molecular complexity index is 566. The van der Waals surface area contributed by atoms with Gasteiger partial charge < -0.3 is 4.90 Å². The smallest absolute Gasteiger partial charge is 0.228 e. The molecule has 0 N–H and O–H groups in total. The van der Waals surface area contributed by atoms with Crippen LogP contribution in [0.25, 0.3) is 10.9 Å². The van der Waals surface area contributed by atoms with Crippen LogP contribution in [0.1, 0.15) is 5.69 Å². The molecule has 2 rings (SSSR count). The summed E-state index contributed by atoms with van der Waals surface area (Å²) in [6, 6.07) is 7.95. The van der Waals surface area contributed by atoms with Gasteiger partial charge in [0.15, 0.2) is 0 Å². The van der Waals surface area contributed by atoms with Crippen LogP contribution in [0.3, 0.4) is 0 Å². The van der Waals surface area contributed by atoms with Crippen LogP contribution in [0.4, 0.5) is 4.39 Å². The SMILES string of the molecule is CN(C)C(=O)Cc1ccc2cc(F)ccc2n1. The average molecular weight is 232 g/mol. The summed E-state index contributed by atoms with van der Waals surface area (Å²) in [6.45, 7) is 0. The minimum absolute atomic E-state index is 0.000961. The molecular formula is C13H13FN2O. The summed E-state index contributed by atoms with van der Waals surface area (Å²) >= 11 is 0. The fourth-order valence-electron chi connectivity index (χ4n) is 1.55. The van der Waals surface area contributed by atoms with Crippen molar-refractivity contribution in [3.63, 3.8) is 0 Å². The molecule has 0 radical (unpaired) electrons. The molecule has 0 atom stereocenters. The molecule has 3 nitrogen and oxygen atoms in total. The quantitative estimate of drug-likeness (QED) is 0.793. The number of amides is 1. The van der Waals surface area contributed by atoms with Gasteiger partial charge in [-0.15, -0.1) is 0 Å². The highest BCUT2D eigenvalue weighted by Crippen LogP contribution is 2.14. The summed E-state index contributed by atoms with van der Waals surface area (Å²) in [5.41, 5.74) is 1.40. The van der Waals surface area contributed by atoms with Crippen LogP contribution in [0.5, 0.6) is 0 Å². The van der Waals surface area contributed by atoms with Gasteiger partial charge in [0.05, 0.1) is 17.6 Å². The molecule has 0 saturated heterocycles. The van der Waals surface area contributed by atoms with Gasteiger partial charge in [0.1, 0.15) is 5.82 Å². The van der Waals surface area contributed by atoms with Crippen molar-refractivity contribution in [1.29, 1.82) is 0 Å². The molecule has 0 spiro atoms. The summed E-state index contributed by atoms with van der Waals surface area (Å²) in [7, 11) is 3.41. The predicted molar refractivity (Wildman–Crippen MR) is 64.1 cm³/mol. The van der Waals surface area contributed by atoms with Crippen LogP contribution < -0.4 is 0 Å². The largest absolute Gasteiger partial charge is 0.348 e. The molecule has 4 heteroatoms. The number of fused-ring (bicyclic) bond motifs is 1. The standard InChI is InChI=1S/C13H13FN2O/c1-16(2)13(17)8-11-5-3-9-7-10(14)4-6-12(9)15-11/h3-7H,8H2,1-2H3. The monoisotopic (exact) mass is 232 g/mol. The van der Waals surface area contributed by atoms with Crippen molar-refractivity contribution in [2.45, 2.75) is 6.42 Å². The third kappa shape index (κ3) is 2.58. The maximum Gasteiger partial charge on any atom is 0.228 e. The van der Waals surface area contributed by atoms with E-state index in [1.807, 2.05) is 0 Å². The van der Waals surface area contributed by atoms with Crippen LogP contribution in [0.2, 0.25) is 0 Å². The fraction of sp³-hybridized carbons (Fsp3) is 0.231. The Kier molecular flexibility index (Phi) is 3.04. The number of aromatic nitrogens is 1. The van der Waals surface area contributed by atoms with Crippen molar-refractivity contribution in [2.75, 3.05) is 14.1 Å². The maximum atomic E-state index is 13.0. The van der Waals surface area contributed by atoms with Gasteiger partial charge in [-0.1, -0.05) is 6.07 Å². The van der Waals surface area contributed by atoms with E-state index in [0.717, 1.165) is 5.39 Å². The molecule has 0 saturated carbocycles. The highest BCUT2D eigenvalue weighted by Gasteiger charge is 2.07. The Hall–Kier alpha value is -1.97. The number of hydrogen-bond acceptors (Lipinski definition) is 2. The Morgan fingerprint density at radius 1 is 1.29 bits per heavy atom. The number of rotatable bonds is 2. The van der Waals surface area contributed by atoms with Crippen molar-refractivity contribution >= 4 is 16.8 Å². The molecule has 2 aromatic rings. The van der Waals surface area contributed by atoms with E-state index < -0.39 is 0 Å². The Morgan fingerprint density at radius 2 is 2.06 bits per heavy atom. The predicted octanol–water partition coefficient (Wildman–Crippen LogP) is 2.00. The van der Waals surface area contributed by atoms with Crippen LogP contribution in [0.15, 0.2) is 30.3 Å². The molecule has 0 aliphatic heterocycles. The lowest BCUT2D eigenvalue weighted by Gasteiger charge is -2.09. The Labute approximate surface area is 98.9 Å². The zero-order chi connectivity index (χ0) is 12.4. The van der Waals surface area contributed by atoms with Crippen molar-refractivity contribution in [3.05, 3.63) is 41.8 Å². The average Bonchev–Trinajstić information content (AvgIpc) is 2.29. The Balaban J connectivity index is 2.32. The van der Waals surface area contributed by atoms with Gasteiger partial charge in [-0.2, -0.15) is 0 Å². The minimum atomic E-state index is -0.281. The number of likely N-dealkylation sites (N-methyl/N-ethyl adjacent to an activating group) is 1. The zero-order valence-electron chi connectivity index (χ0n) is 9.77. The van der Waals surface area contributed by atoms with Gasteiger partial charge in [-0.25, -0.2) is 4.39 Å². The van der Waals surface area contributed by atoms with Crippen LogP contribution in [-0.4, -0.2) is 29.9 Å².